The fourth-order valence-corrected chi connectivity index (χ4v) is 3.02. The van der Waals surface area contributed by atoms with Crippen molar-refractivity contribution in [3.63, 3.8) is 0 Å². The van der Waals surface area contributed by atoms with E-state index in [0.717, 1.165) is 24.9 Å². The first-order chi connectivity index (χ1) is 11.2. The van der Waals surface area contributed by atoms with Crippen molar-refractivity contribution in [2.75, 3.05) is 20.8 Å². The molecule has 0 bridgehead atoms. The molecule has 122 valence electrons. The molecule has 1 saturated heterocycles. The molecule has 1 amide bonds. The van der Waals surface area contributed by atoms with E-state index in [0.29, 0.717) is 11.5 Å². The Kier molecular flexibility index (Phi) is 4.45. The Bertz CT molecular complexity index is 672. The Balaban J connectivity index is 1.79. The standard InChI is InChI=1S/C16H20N4O3/c1-22-14-6-5-12(8-15(14)23-2)13-4-3-7-20(13)16(21)9-19-11-17-10-18-19/h5-6,8,10-11,13H,3-4,7,9H2,1-2H3/t13-/m1/s1. The van der Waals surface area contributed by atoms with E-state index >= 15 is 0 Å². The van der Waals surface area contributed by atoms with Crippen LogP contribution in [-0.2, 0) is 11.3 Å². The predicted molar refractivity (Wildman–Crippen MR) is 83.3 cm³/mol. The number of amides is 1. The monoisotopic (exact) mass is 316 g/mol. The number of rotatable bonds is 5. The summed E-state index contributed by atoms with van der Waals surface area (Å²) in [5, 5.41) is 4.00. The van der Waals surface area contributed by atoms with Crippen molar-refractivity contribution < 1.29 is 14.3 Å². The van der Waals surface area contributed by atoms with E-state index in [-0.39, 0.29) is 18.5 Å². The molecule has 0 N–H and O–H groups in total. The first-order valence-corrected chi connectivity index (χ1v) is 7.56. The molecule has 0 saturated carbocycles. The number of likely N-dealkylation sites (tertiary alicyclic amines) is 1. The summed E-state index contributed by atoms with van der Waals surface area (Å²) in [5.41, 5.74) is 1.06. The molecule has 2 aromatic rings. The third-order valence-electron chi connectivity index (χ3n) is 4.13. The van der Waals surface area contributed by atoms with E-state index in [2.05, 4.69) is 10.1 Å². The summed E-state index contributed by atoms with van der Waals surface area (Å²) in [5.74, 6) is 1.42. The van der Waals surface area contributed by atoms with Gasteiger partial charge in [0.25, 0.3) is 0 Å². The summed E-state index contributed by atoms with van der Waals surface area (Å²) in [6.45, 7) is 0.969. The summed E-state index contributed by atoms with van der Waals surface area (Å²) in [7, 11) is 3.23. The number of methoxy groups -OCH3 is 2. The molecule has 1 aromatic heterocycles. The van der Waals surface area contributed by atoms with Crippen molar-refractivity contribution in [1.29, 1.82) is 0 Å². The summed E-state index contributed by atoms with van der Waals surface area (Å²) < 4.78 is 12.2. The fraction of sp³-hybridized carbons (Fsp3) is 0.438. The number of hydrogen-bond acceptors (Lipinski definition) is 5. The number of hydrogen-bond donors (Lipinski definition) is 0. The maximum Gasteiger partial charge on any atom is 0.244 e. The van der Waals surface area contributed by atoms with Gasteiger partial charge in [0.1, 0.15) is 19.2 Å². The Morgan fingerprint density at radius 2 is 2.13 bits per heavy atom. The van der Waals surface area contributed by atoms with Crippen LogP contribution in [0, 0.1) is 0 Å². The quantitative estimate of drug-likeness (QED) is 0.839. The largest absolute Gasteiger partial charge is 0.493 e. The lowest BCUT2D eigenvalue weighted by Crippen LogP contribution is -2.33. The van der Waals surface area contributed by atoms with Crippen LogP contribution in [0.25, 0.3) is 0 Å². The lowest BCUT2D eigenvalue weighted by molar-refractivity contribution is -0.133. The topological polar surface area (TPSA) is 69.5 Å². The Morgan fingerprint density at radius 1 is 1.30 bits per heavy atom. The minimum absolute atomic E-state index is 0.0489. The van der Waals surface area contributed by atoms with Crippen molar-refractivity contribution in [2.24, 2.45) is 0 Å². The number of ether oxygens (including phenoxy) is 2. The molecule has 1 atom stereocenters. The average molecular weight is 316 g/mol. The average Bonchev–Trinajstić information content (AvgIpc) is 3.25. The van der Waals surface area contributed by atoms with E-state index in [9.17, 15) is 4.79 Å². The third-order valence-corrected chi connectivity index (χ3v) is 4.13. The second-order valence-corrected chi connectivity index (χ2v) is 5.45. The maximum atomic E-state index is 12.6. The Labute approximate surface area is 134 Å². The molecular formula is C16H20N4O3. The van der Waals surface area contributed by atoms with Crippen LogP contribution in [0.4, 0.5) is 0 Å². The first kappa shape index (κ1) is 15.3. The Hall–Kier alpha value is -2.57. The third kappa shape index (κ3) is 3.13. The zero-order chi connectivity index (χ0) is 16.2. The number of nitrogens with zero attached hydrogens (tertiary/aromatic N) is 4. The van der Waals surface area contributed by atoms with E-state index in [1.54, 1.807) is 25.2 Å². The van der Waals surface area contributed by atoms with Gasteiger partial charge in [-0.05, 0) is 30.5 Å². The van der Waals surface area contributed by atoms with E-state index < -0.39 is 0 Å². The van der Waals surface area contributed by atoms with Crippen LogP contribution in [0.5, 0.6) is 11.5 Å². The number of carbonyl (C=O) groups excluding carboxylic acids is 1. The maximum absolute atomic E-state index is 12.6. The summed E-state index contributed by atoms with van der Waals surface area (Å²) in [6, 6.07) is 5.88. The second-order valence-electron chi connectivity index (χ2n) is 5.45. The SMILES string of the molecule is COc1ccc([C@H]2CCCN2C(=O)Cn2cncn2)cc1OC. The van der Waals surface area contributed by atoms with Gasteiger partial charge >= 0.3 is 0 Å². The van der Waals surface area contributed by atoms with Crippen LogP contribution in [0.15, 0.2) is 30.9 Å². The van der Waals surface area contributed by atoms with Gasteiger partial charge < -0.3 is 14.4 Å². The molecule has 7 nitrogen and oxygen atoms in total. The highest BCUT2D eigenvalue weighted by molar-refractivity contribution is 5.76. The molecule has 0 aliphatic carbocycles. The minimum atomic E-state index is 0.0489. The van der Waals surface area contributed by atoms with E-state index in [1.165, 1.54) is 6.33 Å². The van der Waals surface area contributed by atoms with Gasteiger partial charge in [-0.25, -0.2) is 9.67 Å². The molecule has 1 aromatic carbocycles. The predicted octanol–water partition coefficient (Wildman–Crippen LogP) is 1.66. The summed E-state index contributed by atoms with van der Waals surface area (Å²) >= 11 is 0. The van der Waals surface area contributed by atoms with E-state index in [4.69, 9.17) is 9.47 Å². The van der Waals surface area contributed by atoms with E-state index in [1.807, 2.05) is 23.1 Å². The highest BCUT2D eigenvalue weighted by Crippen LogP contribution is 2.36. The first-order valence-electron chi connectivity index (χ1n) is 7.56. The molecule has 23 heavy (non-hydrogen) atoms. The van der Waals surface area contributed by atoms with Gasteiger partial charge in [0, 0.05) is 6.54 Å². The van der Waals surface area contributed by atoms with Gasteiger partial charge in [0.05, 0.1) is 20.3 Å². The highest BCUT2D eigenvalue weighted by Gasteiger charge is 2.30. The smallest absolute Gasteiger partial charge is 0.244 e. The van der Waals surface area contributed by atoms with Gasteiger partial charge in [-0.3, -0.25) is 4.79 Å². The molecule has 1 aliphatic heterocycles. The van der Waals surface area contributed by atoms with Crippen LogP contribution >= 0.6 is 0 Å². The number of aromatic nitrogens is 3. The zero-order valence-electron chi connectivity index (χ0n) is 13.3. The zero-order valence-corrected chi connectivity index (χ0v) is 13.3. The van der Waals surface area contributed by atoms with Gasteiger partial charge in [0.15, 0.2) is 11.5 Å². The molecule has 0 spiro atoms. The molecule has 2 heterocycles. The van der Waals surface area contributed by atoms with Crippen LogP contribution in [0.2, 0.25) is 0 Å². The normalized spacial score (nSPS) is 17.3. The number of carbonyl (C=O) groups is 1. The molecular weight excluding hydrogens is 296 g/mol. The lowest BCUT2D eigenvalue weighted by atomic mass is 10.0. The summed E-state index contributed by atoms with van der Waals surface area (Å²) in [6.07, 6.45) is 4.92. The molecule has 1 aliphatic rings. The van der Waals surface area contributed by atoms with Crippen LogP contribution in [0.1, 0.15) is 24.4 Å². The van der Waals surface area contributed by atoms with Crippen molar-refractivity contribution in [3.05, 3.63) is 36.4 Å². The highest BCUT2D eigenvalue weighted by atomic mass is 16.5. The van der Waals surface area contributed by atoms with Gasteiger partial charge in [0.2, 0.25) is 5.91 Å². The van der Waals surface area contributed by atoms with Crippen molar-refractivity contribution in [1.82, 2.24) is 19.7 Å². The van der Waals surface area contributed by atoms with Crippen molar-refractivity contribution in [2.45, 2.75) is 25.4 Å². The van der Waals surface area contributed by atoms with Crippen LogP contribution in [0.3, 0.4) is 0 Å². The minimum Gasteiger partial charge on any atom is -0.493 e. The van der Waals surface area contributed by atoms with Gasteiger partial charge in [-0.2, -0.15) is 5.10 Å². The molecule has 1 fully saturated rings. The summed E-state index contributed by atoms with van der Waals surface area (Å²) in [4.78, 5) is 18.3. The Morgan fingerprint density at radius 3 is 2.83 bits per heavy atom. The molecule has 0 unspecified atom stereocenters. The molecule has 0 radical (unpaired) electrons. The van der Waals surface area contributed by atoms with Gasteiger partial charge in [-0.1, -0.05) is 6.07 Å². The lowest BCUT2D eigenvalue weighted by Gasteiger charge is -2.25. The van der Waals surface area contributed by atoms with Crippen LogP contribution in [-0.4, -0.2) is 46.3 Å². The second kappa shape index (κ2) is 6.68. The van der Waals surface area contributed by atoms with Crippen molar-refractivity contribution >= 4 is 5.91 Å². The van der Waals surface area contributed by atoms with Crippen LogP contribution < -0.4 is 9.47 Å². The van der Waals surface area contributed by atoms with Crippen molar-refractivity contribution in [3.8, 4) is 11.5 Å². The molecule has 3 rings (SSSR count). The van der Waals surface area contributed by atoms with Gasteiger partial charge in [-0.15, -0.1) is 0 Å². The molecule has 7 heteroatoms. The number of benzene rings is 1. The fourth-order valence-electron chi connectivity index (χ4n) is 3.02.